The number of hydrogen-bond donors (Lipinski definition) is 2. The van der Waals surface area contributed by atoms with Crippen LogP contribution in [-0.2, 0) is 4.79 Å². The molecule has 2 amide bonds. The van der Waals surface area contributed by atoms with Gasteiger partial charge in [-0.05, 0) is 43.7 Å². The van der Waals surface area contributed by atoms with E-state index in [0.717, 1.165) is 11.3 Å². The lowest BCUT2D eigenvalue weighted by Crippen LogP contribution is -2.18. The van der Waals surface area contributed by atoms with Crippen molar-refractivity contribution in [2.45, 2.75) is 36.9 Å². The van der Waals surface area contributed by atoms with Crippen LogP contribution in [0.15, 0.2) is 51.0 Å². The van der Waals surface area contributed by atoms with Crippen LogP contribution in [0.2, 0.25) is 0 Å². The molecule has 0 bridgehead atoms. The zero-order chi connectivity index (χ0) is 23.4. The Bertz CT molecular complexity index is 1190. The van der Waals surface area contributed by atoms with Crippen molar-refractivity contribution in [3.63, 3.8) is 0 Å². The molecular weight excluding hydrogens is 448 g/mol. The Balaban J connectivity index is 1.82. The van der Waals surface area contributed by atoms with E-state index >= 15 is 0 Å². The molecule has 2 aromatic carbocycles. The minimum Gasteiger partial charge on any atom is -0.326 e. The second kappa shape index (κ2) is 9.92. The second-order valence-corrected chi connectivity index (χ2v) is 9.57. The van der Waals surface area contributed by atoms with Gasteiger partial charge in [0.2, 0.25) is 5.91 Å². The summed E-state index contributed by atoms with van der Waals surface area (Å²) in [6, 6.07) is 9.56. The summed E-state index contributed by atoms with van der Waals surface area (Å²) in [4.78, 5) is 40.6. The lowest BCUT2D eigenvalue weighted by Gasteiger charge is -2.13. The van der Waals surface area contributed by atoms with Crippen LogP contribution in [0.4, 0.5) is 17.1 Å². The SMILES string of the molecule is Cc1csc(Sc2ccc(C(=O)Nc3cc(NC(=O)C(C)C)ccc3C)cc2[N+](=O)[O-])n1. The third-order valence-corrected chi connectivity index (χ3v) is 6.61. The van der Waals surface area contributed by atoms with E-state index in [4.69, 9.17) is 0 Å². The standard InChI is InChI=1S/C22H22N4O4S2/c1-12(2)20(27)24-16-7-5-13(3)17(10-16)25-21(28)15-6-8-19(18(9-15)26(29)30)32-22-23-14(4)11-31-22/h5-12H,1-4H3,(H,24,27)(H,25,28). The van der Waals surface area contributed by atoms with Crippen molar-refractivity contribution in [3.05, 3.63) is 68.7 Å². The van der Waals surface area contributed by atoms with Crippen LogP contribution >= 0.6 is 23.1 Å². The molecule has 0 spiro atoms. The summed E-state index contributed by atoms with van der Waals surface area (Å²) >= 11 is 2.60. The van der Waals surface area contributed by atoms with E-state index in [1.54, 1.807) is 44.2 Å². The first-order valence-corrected chi connectivity index (χ1v) is 11.4. The number of hydrogen-bond acceptors (Lipinski definition) is 7. The van der Waals surface area contributed by atoms with Crippen molar-refractivity contribution >= 4 is 52.0 Å². The maximum atomic E-state index is 12.8. The zero-order valence-electron chi connectivity index (χ0n) is 18.0. The quantitative estimate of drug-likeness (QED) is 0.340. The number of aryl methyl sites for hydroxylation is 2. The summed E-state index contributed by atoms with van der Waals surface area (Å²) in [5, 5.41) is 19.1. The molecule has 0 saturated heterocycles. The van der Waals surface area contributed by atoms with Crippen LogP contribution in [-0.4, -0.2) is 21.7 Å². The molecule has 3 rings (SSSR count). The molecule has 166 valence electrons. The molecule has 0 radical (unpaired) electrons. The summed E-state index contributed by atoms with van der Waals surface area (Å²) in [5.41, 5.74) is 2.70. The summed E-state index contributed by atoms with van der Waals surface area (Å²) in [7, 11) is 0. The normalized spacial score (nSPS) is 10.8. The van der Waals surface area contributed by atoms with Gasteiger partial charge in [-0.25, -0.2) is 4.98 Å². The number of nitrogens with one attached hydrogen (secondary N) is 2. The van der Waals surface area contributed by atoms with Gasteiger partial charge < -0.3 is 10.6 Å². The van der Waals surface area contributed by atoms with E-state index in [-0.39, 0.29) is 23.1 Å². The van der Waals surface area contributed by atoms with Crippen molar-refractivity contribution in [1.82, 2.24) is 4.98 Å². The minimum atomic E-state index is -0.507. The van der Waals surface area contributed by atoms with E-state index in [0.29, 0.717) is 20.6 Å². The first-order chi connectivity index (χ1) is 15.1. The molecule has 0 fully saturated rings. The highest BCUT2D eigenvalue weighted by Crippen LogP contribution is 2.37. The minimum absolute atomic E-state index is 0.134. The third-order valence-electron chi connectivity index (χ3n) is 4.49. The number of anilines is 2. The van der Waals surface area contributed by atoms with Crippen molar-refractivity contribution in [2.75, 3.05) is 10.6 Å². The van der Waals surface area contributed by atoms with Crippen LogP contribution in [0.5, 0.6) is 0 Å². The highest BCUT2D eigenvalue weighted by molar-refractivity contribution is 8.01. The zero-order valence-corrected chi connectivity index (χ0v) is 19.6. The Morgan fingerprint density at radius 3 is 2.50 bits per heavy atom. The Labute approximate surface area is 193 Å². The van der Waals surface area contributed by atoms with Gasteiger partial charge in [0.25, 0.3) is 11.6 Å². The van der Waals surface area contributed by atoms with Crippen molar-refractivity contribution in [3.8, 4) is 0 Å². The first kappa shape index (κ1) is 23.4. The second-order valence-electron chi connectivity index (χ2n) is 7.42. The van der Waals surface area contributed by atoms with Crippen LogP contribution in [0.3, 0.4) is 0 Å². The lowest BCUT2D eigenvalue weighted by atomic mass is 10.1. The number of carbonyl (C=O) groups excluding carboxylic acids is 2. The number of amides is 2. The highest BCUT2D eigenvalue weighted by Gasteiger charge is 2.20. The average Bonchev–Trinajstić information content (AvgIpc) is 3.15. The fraction of sp³-hybridized carbons (Fsp3) is 0.227. The molecule has 10 heteroatoms. The lowest BCUT2D eigenvalue weighted by molar-refractivity contribution is -0.387. The molecule has 0 aliphatic rings. The van der Waals surface area contributed by atoms with E-state index in [9.17, 15) is 19.7 Å². The molecule has 0 aliphatic carbocycles. The molecular formula is C22H22N4O4S2. The number of benzene rings is 2. The van der Waals surface area contributed by atoms with Gasteiger partial charge in [-0.2, -0.15) is 0 Å². The van der Waals surface area contributed by atoms with E-state index < -0.39 is 10.8 Å². The summed E-state index contributed by atoms with van der Waals surface area (Å²) in [6.07, 6.45) is 0. The van der Waals surface area contributed by atoms with Gasteiger partial charge in [0.05, 0.1) is 9.82 Å². The summed E-state index contributed by atoms with van der Waals surface area (Å²) in [6.45, 7) is 7.25. The van der Waals surface area contributed by atoms with Gasteiger partial charge in [-0.1, -0.05) is 31.7 Å². The average molecular weight is 471 g/mol. The number of nitro groups is 1. The molecule has 0 saturated carbocycles. The Kier molecular flexibility index (Phi) is 7.26. The molecule has 1 aromatic heterocycles. The molecule has 8 nitrogen and oxygen atoms in total. The van der Waals surface area contributed by atoms with Crippen LogP contribution in [0.25, 0.3) is 0 Å². The molecule has 32 heavy (non-hydrogen) atoms. The number of nitro benzene ring substituents is 1. The fourth-order valence-corrected chi connectivity index (χ4v) is 4.56. The highest BCUT2D eigenvalue weighted by atomic mass is 32.2. The van der Waals surface area contributed by atoms with Crippen molar-refractivity contribution < 1.29 is 14.5 Å². The third kappa shape index (κ3) is 5.71. The largest absolute Gasteiger partial charge is 0.326 e. The fourth-order valence-electron chi connectivity index (χ4n) is 2.68. The van der Waals surface area contributed by atoms with Gasteiger partial charge >= 0.3 is 0 Å². The van der Waals surface area contributed by atoms with E-state index in [1.807, 2.05) is 19.2 Å². The Hall–Kier alpha value is -3.24. The van der Waals surface area contributed by atoms with Crippen LogP contribution < -0.4 is 10.6 Å². The topological polar surface area (TPSA) is 114 Å². The molecule has 3 aromatic rings. The first-order valence-electron chi connectivity index (χ1n) is 9.75. The maximum absolute atomic E-state index is 12.8. The monoisotopic (exact) mass is 470 g/mol. The van der Waals surface area contributed by atoms with Gasteiger partial charge in [-0.15, -0.1) is 11.3 Å². The van der Waals surface area contributed by atoms with Crippen molar-refractivity contribution in [1.29, 1.82) is 0 Å². The molecule has 0 unspecified atom stereocenters. The molecule has 1 heterocycles. The van der Waals surface area contributed by atoms with Gasteiger partial charge in [0.1, 0.15) is 0 Å². The Morgan fingerprint density at radius 1 is 1.12 bits per heavy atom. The van der Waals surface area contributed by atoms with Gasteiger partial charge in [0.15, 0.2) is 4.34 Å². The van der Waals surface area contributed by atoms with E-state index in [1.165, 1.54) is 29.2 Å². The number of aromatic nitrogens is 1. The predicted molar refractivity (Wildman–Crippen MR) is 127 cm³/mol. The molecule has 0 aliphatic heterocycles. The maximum Gasteiger partial charge on any atom is 0.284 e. The summed E-state index contributed by atoms with van der Waals surface area (Å²) < 4.78 is 0.693. The van der Waals surface area contributed by atoms with Gasteiger partial charge in [0, 0.05) is 40.0 Å². The number of carbonyl (C=O) groups is 2. The smallest absolute Gasteiger partial charge is 0.284 e. The number of thiazole rings is 1. The summed E-state index contributed by atoms with van der Waals surface area (Å²) in [5.74, 6) is -0.796. The number of rotatable bonds is 7. The number of nitrogens with zero attached hydrogens (tertiary/aromatic N) is 2. The molecule has 2 N–H and O–H groups in total. The van der Waals surface area contributed by atoms with Crippen LogP contribution in [0, 0.1) is 29.9 Å². The van der Waals surface area contributed by atoms with Crippen LogP contribution in [0.1, 0.15) is 35.5 Å². The van der Waals surface area contributed by atoms with E-state index in [2.05, 4.69) is 15.6 Å². The molecule has 0 atom stereocenters. The predicted octanol–water partition coefficient (Wildman–Crippen LogP) is 5.67. The van der Waals surface area contributed by atoms with Crippen molar-refractivity contribution in [2.24, 2.45) is 5.92 Å². The Morgan fingerprint density at radius 2 is 1.88 bits per heavy atom. The van der Waals surface area contributed by atoms with Gasteiger partial charge in [-0.3, -0.25) is 19.7 Å².